The highest BCUT2D eigenvalue weighted by molar-refractivity contribution is 8.76. The minimum atomic E-state index is -0.330. The minimum absolute atomic E-state index is 0.330. The summed E-state index contributed by atoms with van der Waals surface area (Å²) in [5.41, 5.74) is 0. The van der Waals surface area contributed by atoms with Gasteiger partial charge >= 0.3 is 5.97 Å². The highest BCUT2D eigenvalue weighted by Crippen LogP contribution is 2.22. The Morgan fingerprint density at radius 3 is 2.67 bits per heavy atom. The van der Waals surface area contributed by atoms with Crippen LogP contribution in [0.15, 0.2) is 12.7 Å². The lowest BCUT2D eigenvalue weighted by atomic mass is 10.2. The van der Waals surface area contributed by atoms with E-state index in [-0.39, 0.29) is 5.97 Å². The molecule has 0 heterocycles. The lowest BCUT2D eigenvalue weighted by Gasteiger charge is -2.01. The van der Waals surface area contributed by atoms with Gasteiger partial charge in [0.1, 0.15) is 6.61 Å². The summed E-state index contributed by atoms with van der Waals surface area (Å²) in [5.74, 6) is 1.72. The third-order valence-electron chi connectivity index (χ3n) is 1.74. The average molecular weight is 248 g/mol. The van der Waals surface area contributed by atoms with Crippen molar-refractivity contribution in [1.29, 1.82) is 0 Å². The Bertz CT molecular complexity index is 172. The molecule has 0 aliphatic rings. The molecule has 0 unspecified atom stereocenters. The molecule has 0 aliphatic heterocycles. The Kier molecular flexibility index (Phi) is 11.9. The molecule has 4 heteroatoms. The van der Waals surface area contributed by atoms with Crippen molar-refractivity contribution in [3.63, 3.8) is 0 Å². The van der Waals surface area contributed by atoms with Gasteiger partial charge in [-0.15, -0.1) is 0 Å². The Morgan fingerprint density at radius 1 is 1.27 bits per heavy atom. The molecule has 2 nitrogen and oxygen atoms in total. The van der Waals surface area contributed by atoms with E-state index in [1.165, 1.54) is 37.5 Å². The number of carbonyl (C=O) groups excluding carboxylic acids is 1. The average Bonchev–Trinajstić information content (AvgIpc) is 2.26. The van der Waals surface area contributed by atoms with Crippen molar-refractivity contribution >= 4 is 27.6 Å². The van der Waals surface area contributed by atoms with Gasteiger partial charge in [0.05, 0.1) is 0 Å². The highest BCUT2D eigenvalue weighted by Gasteiger charge is 1.95. The van der Waals surface area contributed by atoms with Crippen LogP contribution in [-0.2, 0) is 9.53 Å². The van der Waals surface area contributed by atoms with Crippen molar-refractivity contribution in [3.8, 4) is 0 Å². The van der Waals surface area contributed by atoms with Crippen LogP contribution in [0.4, 0.5) is 0 Å². The zero-order valence-electron chi connectivity index (χ0n) is 9.37. The summed E-state index contributed by atoms with van der Waals surface area (Å²) < 4.78 is 4.85. The van der Waals surface area contributed by atoms with Crippen molar-refractivity contribution in [2.75, 3.05) is 18.1 Å². The number of hydrogen-bond donors (Lipinski definition) is 0. The molecule has 0 atom stereocenters. The zero-order valence-corrected chi connectivity index (χ0v) is 11.0. The summed E-state index contributed by atoms with van der Waals surface area (Å²) in [6.07, 6.45) is 6.44. The molecule has 0 aromatic heterocycles. The monoisotopic (exact) mass is 248 g/mol. The van der Waals surface area contributed by atoms with E-state index in [2.05, 4.69) is 13.5 Å². The van der Waals surface area contributed by atoms with Gasteiger partial charge in [0.2, 0.25) is 0 Å². The van der Waals surface area contributed by atoms with Gasteiger partial charge in [0, 0.05) is 17.6 Å². The normalized spacial score (nSPS) is 9.93. The zero-order chi connectivity index (χ0) is 11.4. The van der Waals surface area contributed by atoms with E-state index in [4.69, 9.17) is 4.74 Å². The summed E-state index contributed by atoms with van der Waals surface area (Å²) in [6.45, 7) is 6.03. The molecule has 0 N–H and O–H groups in total. The number of ether oxygens (including phenoxy) is 1. The van der Waals surface area contributed by atoms with Gasteiger partial charge in [0.15, 0.2) is 0 Å². The molecule has 0 radical (unpaired) electrons. The fraction of sp³-hybridized carbons (Fsp3) is 0.727. The maximum atomic E-state index is 10.7. The minimum Gasteiger partial charge on any atom is -0.462 e. The van der Waals surface area contributed by atoms with Crippen LogP contribution in [0.5, 0.6) is 0 Å². The first-order chi connectivity index (χ1) is 7.31. The first-order valence-corrected chi connectivity index (χ1v) is 7.83. The molecule has 0 fully saturated rings. The standard InChI is InChI=1S/C11H20O2S2/c1-3-5-6-7-9-14-15-10-8-13-11(12)4-2/h4H,2-3,5-10H2,1H3. The molecule has 0 spiro atoms. The van der Waals surface area contributed by atoms with Crippen molar-refractivity contribution in [1.82, 2.24) is 0 Å². The number of carbonyl (C=O) groups is 1. The fourth-order valence-corrected chi connectivity index (χ4v) is 2.91. The molecule has 0 saturated carbocycles. The van der Waals surface area contributed by atoms with Crippen LogP contribution in [0, 0.1) is 0 Å². The number of rotatable bonds is 10. The quantitative estimate of drug-likeness (QED) is 0.255. The lowest BCUT2D eigenvalue weighted by molar-refractivity contribution is -0.137. The van der Waals surface area contributed by atoms with Crippen LogP contribution >= 0.6 is 21.6 Å². The molecule has 88 valence electrons. The molecule has 0 aromatic rings. The second-order valence-corrected chi connectivity index (χ2v) is 5.78. The largest absolute Gasteiger partial charge is 0.462 e. The number of hydrogen-bond acceptors (Lipinski definition) is 4. The summed E-state index contributed by atoms with van der Waals surface area (Å²) in [5, 5.41) is 0. The Hall–Kier alpha value is -0.0900. The van der Waals surface area contributed by atoms with Gasteiger partial charge in [-0.05, 0) is 6.42 Å². The molecule has 0 aliphatic carbocycles. The maximum absolute atomic E-state index is 10.7. The Morgan fingerprint density at radius 2 is 2.00 bits per heavy atom. The highest BCUT2D eigenvalue weighted by atomic mass is 33.1. The van der Waals surface area contributed by atoms with E-state index in [0.29, 0.717) is 6.61 Å². The predicted molar refractivity (Wildman–Crippen MR) is 70.2 cm³/mol. The molecule has 15 heavy (non-hydrogen) atoms. The van der Waals surface area contributed by atoms with Gasteiger partial charge < -0.3 is 4.74 Å². The van der Waals surface area contributed by atoms with E-state index < -0.39 is 0 Å². The van der Waals surface area contributed by atoms with Gasteiger partial charge in [-0.25, -0.2) is 4.79 Å². The van der Waals surface area contributed by atoms with Crippen molar-refractivity contribution < 1.29 is 9.53 Å². The molecule has 0 rings (SSSR count). The molecule has 0 amide bonds. The summed E-state index contributed by atoms with van der Waals surface area (Å²) in [6, 6.07) is 0. The molecular weight excluding hydrogens is 228 g/mol. The Balaban J connectivity index is 2.98. The third-order valence-corrected chi connectivity index (χ3v) is 4.20. The fourth-order valence-electron chi connectivity index (χ4n) is 0.941. The molecule has 0 aromatic carbocycles. The van der Waals surface area contributed by atoms with Crippen LogP contribution in [0.3, 0.4) is 0 Å². The van der Waals surface area contributed by atoms with Crippen LogP contribution < -0.4 is 0 Å². The number of esters is 1. The smallest absolute Gasteiger partial charge is 0.330 e. The second kappa shape index (κ2) is 12.0. The number of unbranched alkanes of at least 4 members (excludes halogenated alkanes) is 3. The van der Waals surface area contributed by atoms with E-state index in [1.807, 2.05) is 10.8 Å². The SMILES string of the molecule is C=CC(=O)OCCSSCCCCCC. The lowest BCUT2D eigenvalue weighted by Crippen LogP contribution is -2.02. The van der Waals surface area contributed by atoms with E-state index >= 15 is 0 Å². The molecule has 0 saturated heterocycles. The summed E-state index contributed by atoms with van der Waals surface area (Å²) >= 11 is 0. The first kappa shape index (κ1) is 14.9. The molecular formula is C11H20O2S2. The van der Waals surface area contributed by atoms with Crippen molar-refractivity contribution in [2.45, 2.75) is 32.6 Å². The van der Waals surface area contributed by atoms with Crippen LogP contribution in [0.25, 0.3) is 0 Å². The third kappa shape index (κ3) is 11.8. The van der Waals surface area contributed by atoms with Gasteiger partial charge in [-0.1, -0.05) is 54.4 Å². The Labute approximate surface area is 101 Å². The van der Waals surface area contributed by atoms with Gasteiger partial charge in [0.25, 0.3) is 0 Å². The van der Waals surface area contributed by atoms with Crippen LogP contribution in [0.1, 0.15) is 32.6 Å². The van der Waals surface area contributed by atoms with Gasteiger partial charge in [-0.3, -0.25) is 0 Å². The van der Waals surface area contributed by atoms with Crippen LogP contribution in [-0.4, -0.2) is 24.1 Å². The summed E-state index contributed by atoms with van der Waals surface area (Å²) in [4.78, 5) is 10.7. The van der Waals surface area contributed by atoms with Crippen molar-refractivity contribution in [2.24, 2.45) is 0 Å². The summed E-state index contributed by atoms with van der Waals surface area (Å²) in [7, 11) is 3.63. The van der Waals surface area contributed by atoms with E-state index in [9.17, 15) is 4.79 Å². The van der Waals surface area contributed by atoms with Crippen LogP contribution in [0.2, 0.25) is 0 Å². The topological polar surface area (TPSA) is 26.3 Å². The molecule has 0 bridgehead atoms. The predicted octanol–water partition coefficient (Wildman–Crippen LogP) is 3.68. The van der Waals surface area contributed by atoms with E-state index in [0.717, 1.165) is 5.75 Å². The first-order valence-electron chi connectivity index (χ1n) is 5.34. The maximum Gasteiger partial charge on any atom is 0.330 e. The van der Waals surface area contributed by atoms with Gasteiger partial charge in [-0.2, -0.15) is 0 Å². The second-order valence-electron chi connectivity index (χ2n) is 3.08. The van der Waals surface area contributed by atoms with E-state index in [1.54, 1.807) is 10.8 Å². The van der Waals surface area contributed by atoms with Crippen molar-refractivity contribution in [3.05, 3.63) is 12.7 Å².